The summed E-state index contributed by atoms with van der Waals surface area (Å²) in [6.45, 7) is 10.5. The average Bonchev–Trinajstić information content (AvgIpc) is 2.30. The van der Waals surface area contributed by atoms with Crippen molar-refractivity contribution in [3.8, 4) is 0 Å². The molecule has 0 bridgehead atoms. The van der Waals surface area contributed by atoms with Crippen molar-refractivity contribution in [1.82, 2.24) is 4.90 Å². The summed E-state index contributed by atoms with van der Waals surface area (Å²) in [4.78, 5) is 14.5. The largest absolute Gasteiger partial charge is 0.372 e. The van der Waals surface area contributed by atoms with Gasteiger partial charge in [0.1, 0.15) is 0 Å². The topological polar surface area (TPSA) is 55.6 Å². The van der Waals surface area contributed by atoms with E-state index >= 15 is 0 Å². The van der Waals surface area contributed by atoms with Crippen molar-refractivity contribution in [2.75, 3.05) is 26.2 Å². The summed E-state index contributed by atoms with van der Waals surface area (Å²) in [5.74, 6) is 0.196. The number of carbonyl (C=O) groups is 1. The van der Waals surface area contributed by atoms with Crippen LogP contribution in [0, 0.1) is 5.41 Å². The average molecular weight is 242 g/mol. The molecule has 0 aliphatic carbocycles. The Hall–Kier alpha value is -0.610. The number of ether oxygens (including phenoxy) is 1. The number of morpholine rings is 1. The molecule has 2 N–H and O–H groups in total. The monoisotopic (exact) mass is 242 g/mol. The number of rotatable bonds is 4. The molecule has 0 aromatic heterocycles. The minimum Gasteiger partial charge on any atom is -0.372 e. The highest BCUT2D eigenvalue weighted by Crippen LogP contribution is 2.29. The summed E-state index contributed by atoms with van der Waals surface area (Å²) in [6, 6.07) is 0. The number of hydrogen-bond acceptors (Lipinski definition) is 3. The summed E-state index contributed by atoms with van der Waals surface area (Å²) in [5.41, 5.74) is 5.20. The van der Waals surface area contributed by atoms with Gasteiger partial charge in [-0.2, -0.15) is 0 Å². The standard InChI is InChI=1S/C13H26N2O2/c1-5-13(6-2,9-14)11(16)15-7-8-17-12(3,4)10-15/h5-10,14H2,1-4H3. The molecule has 100 valence electrons. The van der Waals surface area contributed by atoms with Crippen LogP contribution in [0.5, 0.6) is 0 Å². The molecule has 0 unspecified atom stereocenters. The van der Waals surface area contributed by atoms with Gasteiger partial charge in [-0.05, 0) is 26.7 Å². The molecule has 1 aliphatic rings. The second-order valence-corrected chi connectivity index (χ2v) is 5.53. The molecule has 0 spiro atoms. The van der Waals surface area contributed by atoms with Gasteiger partial charge in [-0.3, -0.25) is 4.79 Å². The van der Waals surface area contributed by atoms with Crippen molar-refractivity contribution >= 4 is 5.91 Å². The molecular formula is C13H26N2O2. The van der Waals surface area contributed by atoms with Gasteiger partial charge in [-0.25, -0.2) is 0 Å². The van der Waals surface area contributed by atoms with Crippen molar-refractivity contribution in [2.45, 2.75) is 46.1 Å². The number of nitrogens with two attached hydrogens (primary N) is 1. The lowest BCUT2D eigenvalue weighted by Gasteiger charge is -2.42. The molecule has 1 heterocycles. The molecule has 1 fully saturated rings. The van der Waals surface area contributed by atoms with E-state index in [4.69, 9.17) is 10.5 Å². The van der Waals surface area contributed by atoms with E-state index in [1.54, 1.807) is 0 Å². The number of amides is 1. The van der Waals surface area contributed by atoms with E-state index in [2.05, 4.69) is 0 Å². The van der Waals surface area contributed by atoms with Crippen molar-refractivity contribution < 1.29 is 9.53 Å². The first-order valence-corrected chi connectivity index (χ1v) is 6.54. The zero-order chi connectivity index (χ0) is 13.1. The van der Waals surface area contributed by atoms with Gasteiger partial charge >= 0.3 is 0 Å². The first kappa shape index (κ1) is 14.5. The van der Waals surface area contributed by atoms with Crippen LogP contribution in [0.2, 0.25) is 0 Å². The fourth-order valence-electron chi connectivity index (χ4n) is 2.45. The van der Waals surface area contributed by atoms with Gasteiger partial charge < -0.3 is 15.4 Å². The van der Waals surface area contributed by atoms with E-state index in [0.29, 0.717) is 26.2 Å². The molecule has 0 saturated carbocycles. The molecule has 1 saturated heterocycles. The molecule has 0 aromatic carbocycles. The van der Waals surface area contributed by atoms with Gasteiger partial charge in [-0.15, -0.1) is 0 Å². The fourth-order valence-corrected chi connectivity index (χ4v) is 2.45. The summed E-state index contributed by atoms with van der Waals surface area (Å²) in [6.07, 6.45) is 1.60. The lowest BCUT2D eigenvalue weighted by Crippen LogP contribution is -2.56. The van der Waals surface area contributed by atoms with Crippen LogP contribution in [0.1, 0.15) is 40.5 Å². The predicted octanol–water partition coefficient (Wildman–Crippen LogP) is 1.39. The van der Waals surface area contributed by atoms with Gasteiger partial charge in [0.15, 0.2) is 0 Å². The van der Waals surface area contributed by atoms with Crippen molar-refractivity contribution in [3.63, 3.8) is 0 Å². The third-order valence-electron chi connectivity index (χ3n) is 3.91. The van der Waals surface area contributed by atoms with Gasteiger partial charge in [-0.1, -0.05) is 13.8 Å². The number of nitrogens with zero attached hydrogens (tertiary/aromatic N) is 1. The molecule has 0 atom stereocenters. The minimum atomic E-state index is -0.382. The zero-order valence-electron chi connectivity index (χ0n) is 11.6. The van der Waals surface area contributed by atoms with Crippen molar-refractivity contribution in [1.29, 1.82) is 0 Å². The van der Waals surface area contributed by atoms with Crippen LogP contribution >= 0.6 is 0 Å². The van der Waals surface area contributed by atoms with Crippen LogP contribution in [-0.4, -0.2) is 42.6 Å². The zero-order valence-corrected chi connectivity index (χ0v) is 11.6. The van der Waals surface area contributed by atoms with Gasteiger partial charge in [0, 0.05) is 19.6 Å². The van der Waals surface area contributed by atoms with Crippen LogP contribution in [0.15, 0.2) is 0 Å². The summed E-state index contributed by atoms with van der Waals surface area (Å²) < 4.78 is 5.63. The van der Waals surface area contributed by atoms with Gasteiger partial charge in [0.05, 0.1) is 17.6 Å². The first-order valence-electron chi connectivity index (χ1n) is 6.54. The second-order valence-electron chi connectivity index (χ2n) is 5.53. The molecule has 4 nitrogen and oxygen atoms in total. The Morgan fingerprint density at radius 2 is 2.00 bits per heavy atom. The Morgan fingerprint density at radius 1 is 1.41 bits per heavy atom. The summed E-state index contributed by atoms with van der Waals surface area (Å²) in [5, 5.41) is 0. The maximum Gasteiger partial charge on any atom is 0.230 e. The van der Waals surface area contributed by atoms with Crippen molar-refractivity contribution in [2.24, 2.45) is 11.1 Å². The van der Waals surface area contributed by atoms with Crippen LogP contribution in [0.4, 0.5) is 0 Å². The van der Waals surface area contributed by atoms with Gasteiger partial charge in [0.2, 0.25) is 5.91 Å². The Labute approximate surface area is 104 Å². The maximum absolute atomic E-state index is 12.6. The SMILES string of the molecule is CCC(CC)(CN)C(=O)N1CCOC(C)(C)C1. The Bertz CT molecular complexity index is 264. The Morgan fingerprint density at radius 3 is 2.41 bits per heavy atom. The Balaban J connectivity index is 2.81. The molecule has 1 rings (SSSR count). The predicted molar refractivity (Wildman–Crippen MR) is 68.7 cm³/mol. The molecule has 1 aliphatic heterocycles. The molecule has 0 radical (unpaired) electrons. The molecular weight excluding hydrogens is 216 g/mol. The Kier molecular flexibility index (Phi) is 4.55. The smallest absolute Gasteiger partial charge is 0.230 e. The quantitative estimate of drug-likeness (QED) is 0.810. The highest BCUT2D eigenvalue weighted by atomic mass is 16.5. The highest BCUT2D eigenvalue weighted by Gasteiger charge is 2.40. The van der Waals surface area contributed by atoms with E-state index in [1.807, 2.05) is 32.6 Å². The van der Waals surface area contributed by atoms with Crippen LogP contribution in [0.3, 0.4) is 0 Å². The third kappa shape index (κ3) is 2.99. The van der Waals surface area contributed by atoms with E-state index in [1.165, 1.54) is 0 Å². The maximum atomic E-state index is 12.6. The lowest BCUT2D eigenvalue weighted by molar-refractivity contribution is -0.156. The molecule has 1 amide bonds. The van der Waals surface area contributed by atoms with E-state index in [-0.39, 0.29) is 16.9 Å². The van der Waals surface area contributed by atoms with Gasteiger partial charge in [0.25, 0.3) is 0 Å². The lowest BCUT2D eigenvalue weighted by atomic mass is 9.80. The fraction of sp³-hybridized carbons (Fsp3) is 0.923. The number of carbonyl (C=O) groups excluding carboxylic acids is 1. The molecule has 4 heteroatoms. The third-order valence-corrected chi connectivity index (χ3v) is 3.91. The molecule has 17 heavy (non-hydrogen) atoms. The minimum absolute atomic E-state index is 0.196. The van der Waals surface area contributed by atoms with Crippen LogP contribution in [0.25, 0.3) is 0 Å². The van der Waals surface area contributed by atoms with E-state index < -0.39 is 0 Å². The number of hydrogen-bond donors (Lipinski definition) is 1. The first-order chi connectivity index (χ1) is 7.90. The van der Waals surface area contributed by atoms with E-state index in [0.717, 1.165) is 12.8 Å². The van der Waals surface area contributed by atoms with E-state index in [9.17, 15) is 4.79 Å². The molecule has 0 aromatic rings. The summed E-state index contributed by atoms with van der Waals surface area (Å²) >= 11 is 0. The summed E-state index contributed by atoms with van der Waals surface area (Å²) in [7, 11) is 0. The normalized spacial score (nSPS) is 20.4. The van der Waals surface area contributed by atoms with Crippen LogP contribution in [-0.2, 0) is 9.53 Å². The second kappa shape index (κ2) is 5.36. The highest BCUT2D eigenvalue weighted by molar-refractivity contribution is 5.83. The van der Waals surface area contributed by atoms with Crippen molar-refractivity contribution in [3.05, 3.63) is 0 Å². The van der Waals surface area contributed by atoms with Crippen LogP contribution < -0.4 is 5.73 Å².